The van der Waals surface area contributed by atoms with Crippen molar-refractivity contribution in [2.24, 2.45) is 5.92 Å². The molecule has 1 rings (SSSR count). The van der Waals surface area contributed by atoms with Gasteiger partial charge in [0.1, 0.15) is 5.75 Å². The standard InChI is InChI=1S/C14H20O2/c1-4-9-16-13-7-5-12(6-8-13)14(15)10-11(2)3/h5-8,11H,4,9-10H2,1-3H3. The third kappa shape index (κ3) is 4.05. The first-order chi connectivity index (χ1) is 7.63. The number of hydrogen-bond acceptors (Lipinski definition) is 2. The molecule has 1 aromatic rings. The Morgan fingerprint density at radius 1 is 1.25 bits per heavy atom. The average molecular weight is 220 g/mol. The molecule has 0 aliphatic heterocycles. The minimum atomic E-state index is 0.206. The molecular weight excluding hydrogens is 200 g/mol. The lowest BCUT2D eigenvalue weighted by atomic mass is 10.0. The van der Waals surface area contributed by atoms with Crippen LogP contribution in [0.25, 0.3) is 0 Å². The van der Waals surface area contributed by atoms with Crippen molar-refractivity contribution >= 4 is 5.78 Å². The van der Waals surface area contributed by atoms with E-state index in [2.05, 4.69) is 20.8 Å². The molecule has 0 radical (unpaired) electrons. The highest BCUT2D eigenvalue weighted by molar-refractivity contribution is 5.96. The predicted octanol–water partition coefficient (Wildman–Crippen LogP) is 3.70. The van der Waals surface area contributed by atoms with Gasteiger partial charge in [-0.1, -0.05) is 20.8 Å². The van der Waals surface area contributed by atoms with Gasteiger partial charge in [0.05, 0.1) is 6.61 Å². The maximum absolute atomic E-state index is 11.7. The molecule has 0 saturated carbocycles. The zero-order valence-electron chi connectivity index (χ0n) is 10.3. The Kier molecular flexibility index (Phi) is 5.03. The summed E-state index contributed by atoms with van der Waals surface area (Å²) in [6.45, 7) is 6.90. The van der Waals surface area contributed by atoms with Crippen LogP contribution in [0.5, 0.6) is 5.75 Å². The Bertz CT molecular complexity index is 325. The molecule has 0 spiro atoms. The molecule has 0 aromatic heterocycles. The van der Waals surface area contributed by atoms with E-state index >= 15 is 0 Å². The molecule has 88 valence electrons. The second kappa shape index (κ2) is 6.31. The summed E-state index contributed by atoms with van der Waals surface area (Å²) < 4.78 is 5.46. The molecule has 0 amide bonds. The molecule has 16 heavy (non-hydrogen) atoms. The lowest BCUT2D eigenvalue weighted by Gasteiger charge is -2.06. The number of Topliss-reactive ketones (excluding diaryl/α,β-unsaturated/α-hetero) is 1. The van der Waals surface area contributed by atoms with Gasteiger partial charge in [0.25, 0.3) is 0 Å². The summed E-state index contributed by atoms with van der Waals surface area (Å²) >= 11 is 0. The van der Waals surface area contributed by atoms with Crippen molar-refractivity contribution in [1.82, 2.24) is 0 Å². The van der Waals surface area contributed by atoms with Gasteiger partial charge in [-0.05, 0) is 36.6 Å². The molecule has 0 bridgehead atoms. The van der Waals surface area contributed by atoms with Gasteiger partial charge in [-0.2, -0.15) is 0 Å². The van der Waals surface area contributed by atoms with Crippen molar-refractivity contribution in [2.75, 3.05) is 6.61 Å². The molecule has 2 heteroatoms. The number of benzene rings is 1. The van der Waals surface area contributed by atoms with E-state index in [0.29, 0.717) is 12.3 Å². The molecule has 0 atom stereocenters. The van der Waals surface area contributed by atoms with Gasteiger partial charge in [0.15, 0.2) is 5.78 Å². The summed E-state index contributed by atoms with van der Waals surface area (Å²) in [5.41, 5.74) is 0.776. The first-order valence-electron chi connectivity index (χ1n) is 5.89. The molecule has 0 fully saturated rings. The molecular formula is C14H20O2. The summed E-state index contributed by atoms with van der Waals surface area (Å²) in [4.78, 5) is 11.7. The van der Waals surface area contributed by atoms with Crippen LogP contribution in [0.4, 0.5) is 0 Å². The van der Waals surface area contributed by atoms with Crippen LogP contribution in [0.1, 0.15) is 44.0 Å². The van der Waals surface area contributed by atoms with Crippen LogP contribution in [-0.4, -0.2) is 12.4 Å². The Balaban J connectivity index is 2.60. The number of rotatable bonds is 6. The van der Waals surface area contributed by atoms with Crippen LogP contribution in [0.15, 0.2) is 24.3 Å². The Hall–Kier alpha value is -1.31. The van der Waals surface area contributed by atoms with Gasteiger partial charge in [-0.25, -0.2) is 0 Å². The molecule has 0 unspecified atom stereocenters. The third-order valence-electron chi connectivity index (χ3n) is 2.24. The minimum absolute atomic E-state index is 0.206. The number of hydrogen-bond donors (Lipinski definition) is 0. The van der Waals surface area contributed by atoms with E-state index in [9.17, 15) is 4.79 Å². The average Bonchev–Trinajstić information content (AvgIpc) is 2.26. The van der Waals surface area contributed by atoms with Gasteiger partial charge in [0.2, 0.25) is 0 Å². The number of carbonyl (C=O) groups is 1. The summed E-state index contributed by atoms with van der Waals surface area (Å²) in [5.74, 6) is 1.45. The van der Waals surface area contributed by atoms with E-state index in [1.807, 2.05) is 24.3 Å². The normalized spacial score (nSPS) is 10.5. The highest BCUT2D eigenvalue weighted by Gasteiger charge is 2.07. The zero-order valence-corrected chi connectivity index (χ0v) is 10.3. The van der Waals surface area contributed by atoms with E-state index in [4.69, 9.17) is 4.74 Å². The maximum Gasteiger partial charge on any atom is 0.163 e. The lowest BCUT2D eigenvalue weighted by molar-refractivity contribution is 0.0968. The molecule has 0 aliphatic carbocycles. The Morgan fingerprint density at radius 2 is 1.88 bits per heavy atom. The SMILES string of the molecule is CCCOc1ccc(C(=O)CC(C)C)cc1. The zero-order chi connectivity index (χ0) is 12.0. The molecule has 2 nitrogen and oxygen atoms in total. The first kappa shape index (κ1) is 12.8. The molecule has 1 aromatic carbocycles. The van der Waals surface area contributed by atoms with Crippen molar-refractivity contribution in [3.8, 4) is 5.75 Å². The quantitative estimate of drug-likeness (QED) is 0.683. The second-order valence-corrected chi connectivity index (χ2v) is 4.39. The Morgan fingerprint density at radius 3 is 2.38 bits per heavy atom. The van der Waals surface area contributed by atoms with Crippen molar-refractivity contribution in [3.63, 3.8) is 0 Å². The fraction of sp³-hybridized carbons (Fsp3) is 0.500. The predicted molar refractivity (Wildman–Crippen MR) is 66.0 cm³/mol. The lowest BCUT2D eigenvalue weighted by Crippen LogP contribution is -2.03. The highest BCUT2D eigenvalue weighted by atomic mass is 16.5. The topological polar surface area (TPSA) is 26.3 Å². The minimum Gasteiger partial charge on any atom is -0.494 e. The van der Waals surface area contributed by atoms with Crippen LogP contribution in [0.2, 0.25) is 0 Å². The van der Waals surface area contributed by atoms with Gasteiger partial charge in [-0.3, -0.25) is 4.79 Å². The van der Waals surface area contributed by atoms with E-state index < -0.39 is 0 Å². The van der Waals surface area contributed by atoms with Crippen molar-refractivity contribution in [3.05, 3.63) is 29.8 Å². The van der Waals surface area contributed by atoms with E-state index in [-0.39, 0.29) is 5.78 Å². The molecule has 0 N–H and O–H groups in total. The van der Waals surface area contributed by atoms with Crippen LogP contribution in [-0.2, 0) is 0 Å². The summed E-state index contributed by atoms with van der Waals surface area (Å²) in [5, 5.41) is 0. The van der Waals surface area contributed by atoms with E-state index in [1.54, 1.807) is 0 Å². The van der Waals surface area contributed by atoms with Gasteiger partial charge >= 0.3 is 0 Å². The van der Waals surface area contributed by atoms with Crippen molar-refractivity contribution < 1.29 is 9.53 Å². The number of ketones is 1. The fourth-order valence-electron chi connectivity index (χ4n) is 1.45. The summed E-state index contributed by atoms with van der Waals surface area (Å²) in [6, 6.07) is 7.41. The third-order valence-corrected chi connectivity index (χ3v) is 2.24. The maximum atomic E-state index is 11.7. The molecule has 0 aliphatic rings. The number of carbonyl (C=O) groups excluding carboxylic acids is 1. The molecule has 0 saturated heterocycles. The first-order valence-corrected chi connectivity index (χ1v) is 5.89. The van der Waals surface area contributed by atoms with Crippen molar-refractivity contribution in [1.29, 1.82) is 0 Å². The van der Waals surface area contributed by atoms with Crippen LogP contribution in [0, 0.1) is 5.92 Å². The van der Waals surface area contributed by atoms with Gasteiger partial charge in [0, 0.05) is 12.0 Å². The van der Waals surface area contributed by atoms with Crippen molar-refractivity contribution in [2.45, 2.75) is 33.6 Å². The van der Waals surface area contributed by atoms with Gasteiger partial charge in [-0.15, -0.1) is 0 Å². The second-order valence-electron chi connectivity index (χ2n) is 4.39. The monoisotopic (exact) mass is 220 g/mol. The summed E-state index contributed by atoms with van der Waals surface area (Å²) in [6.07, 6.45) is 1.60. The largest absolute Gasteiger partial charge is 0.494 e. The number of ether oxygens (including phenoxy) is 1. The fourth-order valence-corrected chi connectivity index (χ4v) is 1.45. The van der Waals surface area contributed by atoms with Crippen LogP contribution < -0.4 is 4.74 Å². The van der Waals surface area contributed by atoms with E-state index in [1.165, 1.54) is 0 Å². The van der Waals surface area contributed by atoms with Crippen LogP contribution >= 0.6 is 0 Å². The van der Waals surface area contributed by atoms with E-state index in [0.717, 1.165) is 24.3 Å². The Labute approximate surface area is 97.6 Å². The summed E-state index contributed by atoms with van der Waals surface area (Å²) in [7, 11) is 0. The van der Waals surface area contributed by atoms with Crippen LogP contribution in [0.3, 0.4) is 0 Å². The molecule has 0 heterocycles. The highest BCUT2D eigenvalue weighted by Crippen LogP contribution is 2.15. The smallest absolute Gasteiger partial charge is 0.163 e. The van der Waals surface area contributed by atoms with Gasteiger partial charge < -0.3 is 4.74 Å².